The van der Waals surface area contributed by atoms with Crippen LogP contribution >= 0.6 is 0 Å². The highest BCUT2D eigenvalue weighted by Gasteiger charge is 2.11. The molecule has 1 aromatic carbocycles. The molecule has 6 nitrogen and oxygen atoms in total. The van der Waals surface area contributed by atoms with E-state index in [-0.39, 0.29) is 5.91 Å². The third-order valence-electron chi connectivity index (χ3n) is 2.77. The van der Waals surface area contributed by atoms with E-state index in [2.05, 4.69) is 10.4 Å². The molecular weight excluding hydrogens is 270 g/mol. The number of hydrogen-bond donors (Lipinski definition) is 1. The van der Waals surface area contributed by atoms with Gasteiger partial charge in [-0.1, -0.05) is 0 Å². The van der Waals surface area contributed by atoms with Gasteiger partial charge in [0.2, 0.25) is 0 Å². The van der Waals surface area contributed by atoms with Gasteiger partial charge in [-0.2, -0.15) is 5.10 Å². The highest BCUT2D eigenvalue weighted by atomic mass is 16.5. The Hall–Kier alpha value is -2.50. The monoisotopic (exact) mass is 289 g/mol. The highest BCUT2D eigenvalue weighted by molar-refractivity contribution is 6.04. The van der Waals surface area contributed by atoms with Crippen LogP contribution in [0.2, 0.25) is 0 Å². The Balaban J connectivity index is 2.16. The molecule has 0 saturated carbocycles. The zero-order valence-corrected chi connectivity index (χ0v) is 12.4. The van der Waals surface area contributed by atoms with Crippen LogP contribution in [-0.4, -0.2) is 28.9 Å². The number of anilines is 1. The summed E-state index contributed by atoms with van der Waals surface area (Å²) in [4.78, 5) is 12.1. The Kier molecular flexibility index (Phi) is 4.81. The van der Waals surface area contributed by atoms with Crippen LogP contribution in [0.3, 0.4) is 0 Å². The van der Waals surface area contributed by atoms with E-state index in [4.69, 9.17) is 9.47 Å². The molecule has 1 N–H and O–H groups in total. The van der Waals surface area contributed by atoms with E-state index in [1.165, 1.54) is 6.20 Å². The fraction of sp³-hybridized carbons (Fsp3) is 0.333. The predicted molar refractivity (Wildman–Crippen MR) is 79.9 cm³/mol. The number of carbonyl (C=O) groups is 1. The van der Waals surface area contributed by atoms with Crippen LogP contribution in [-0.2, 0) is 7.05 Å². The number of nitrogens with zero attached hydrogens (tertiary/aromatic N) is 2. The number of benzene rings is 1. The molecule has 1 heterocycles. The summed E-state index contributed by atoms with van der Waals surface area (Å²) < 4.78 is 12.6. The van der Waals surface area contributed by atoms with Crippen LogP contribution in [0.4, 0.5) is 5.69 Å². The Labute approximate surface area is 123 Å². The van der Waals surface area contributed by atoms with Gasteiger partial charge >= 0.3 is 0 Å². The molecule has 0 bridgehead atoms. The number of nitrogens with one attached hydrogen (secondary N) is 1. The van der Waals surface area contributed by atoms with E-state index in [0.29, 0.717) is 36.0 Å². The zero-order valence-electron chi connectivity index (χ0n) is 12.4. The van der Waals surface area contributed by atoms with Crippen LogP contribution in [0.5, 0.6) is 11.5 Å². The lowest BCUT2D eigenvalue weighted by Crippen LogP contribution is -2.11. The van der Waals surface area contributed by atoms with E-state index in [1.807, 2.05) is 13.8 Å². The van der Waals surface area contributed by atoms with Gasteiger partial charge in [-0.15, -0.1) is 0 Å². The summed E-state index contributed by atoms with van der Waals surface area (Å²) >= 11 is 0. The van der Waals surface area contributed by atoms with Gasteiger partial charge in [-0.3, -0.25) is 9.48 Å². The van der Waals surface area contributed by atoms with E-state index in [1.54, 1.807) is 36.1 Å². The van der Waals surface area contributed by atoms with Crippen LogP contribution in [0.1, 0.15) is 24.2 Å². The first-order chi connectivity index (χ1) is 10.1. The third-order valence-corrected chi connectivity index (χ3v) is 2.77. The minimum absolute atomic E-state index is 0.213. The average Bonchev–Trinajstić information content (AvgIpc) is 2.89. The van der Waals surface area contributed by atoms with Crippen LogP contribution in [0, 0.1) is 0 Å². The lowest BCUT2D eigenvalue weighted by molar-refractivity contribution is 0.102. The summed E-state index contributed by atoms with van der Waals surface area (Å²) in [5.74, 6) is 1.07. The minimum Gasteiger partial charge on any atom is -0.490 e. The molecule has 0 aliphatic carbocycles. The highest BCUT2D eigenvalue weighted by Crippen LogP contribution is 2.30. The van der Waals surface area contributed by atoms with Gasteiger partial charge in [0, 0.05) is 25.0 Å². The molecule has 0 fully saturated rings. The summed E-state index contributed by atoms with van der Waals surface area (Å²) in [5, 5.41) is 6.79. The van der Waals surface area contributed by atoms with Crippen molar-refractivity contribution in [1.29, 1.82) is 0 Å². The first-order valence-electron chi connectivity index (χ1n) is 6.83. The molecule has 0 unspecified atom stereocenters. The minimum atomic E-state index is -0.213. The maximum atomic E-state index is 12.1. The van der Waals surface area contributed by atoms with Crippen molar-refractivity contribution in [2.45, 2.75) is 13.8 Å². The molecule has 0 saturated heterocycles. The number of hydrogen-bond acceptors (Lipinski definition) is 4. The van der Waals surface area contributed by atoms with Crippen molar-refractivity contribution in [3.8, 4) is 11.5 Å². The van der Waals surface area contributed by atoms with Gasteiger partial charge in [-0.05, 0) is 26.0 Å². The van der Waals surface area contributed by atoms with E-state index < -0.39 is 0 Å². The third kappa shape index (κ3) is 3.75. The van der Waals surface area contributed by atoms with Crippen LogP contribution in [0.15, 0.2) is 30.6 Å². The Bertz CT molecular complexity index is 622. The summed E-state index contributed by atoms with van der Waals surface area (Å²) in [6.07, 6.45) is 3.18. The van der Waals surface area contributed by atoms with Crippen molar-refractivity contribution in [3.63, 3.8) is 0 Å². The molecule has 1 amide bonds. The van der Waals surface area contributed by atoms with Crippen molar-refractivity contribution in [2.75, 3.05) is 18.5 Å². The molecule has 0 spiro atoms. The standard InChI is InChI=1S/C15H19N3O3/c1-4-20-13-7-6-12(8-14(13)21-5-2)17-15(19)11-9-16-18(3)10-11/h6-10H,4-5H2,1-3H3,(H,17,19). The maximum absolute atomic E-state index is 12.1. The number of rotatable bonds is 6. The van der Waals surface area contributed by atoms with Crippen LogP contribution in [0.25, 0.3) is 0 Å². The number of amides is 1. The van der Waals surface area contributed by atoms with Crippen molar-refractivity contribution in [2.24, 2.45) is 7.05 Å². The molecule has 0 radical (unpaired) electrons. The smallest absolute Gasteiger partial charge is 0.258 e. The molecule has 0 atom stereocenters. The number of ether oxygens (including phenoxy) is 2. The van der Waals surface area contributed by atoms with Gasteiger partial charge in [-0.25, -0.2) is 0 Å². The first-order valence-corrected chi connectivity index (χ1v) is 6.83. The van der Waals surface area contributed by atoms with E-state index in [0.717, 1.165) is 0 Å². The quantitative estimate of drug-likeness (QED) is 0.887. The van der Waals surface area contributed by atoms with Gasteiger partial charge in [0.1, 0.15) is 0 Å². The topological polar surface area (TPSA) is 65.4 Å². The molecule has 21 heavy (non-hydrogen) atoms. The zero-order chi connectivity index (χ0) is 15.2. The largest absolute Gasteiger partial charge is 0.490 e. The summed E-state index contributed by atoms with van der Waals surface area (Å²) in [7, 11) is 1.76. The Morgan fingerprint density at radius 3 is 2.57 bits per heavy atom. The predicted octanol–water partition coefficient (Wildman–Crippen LogP) is 2.47. The van der Waals surface area contributed by atoms with Gasteiger partial charge in [0.15, 0.2) is 11.5 Å². The van der Waals surface area contributed by atoms with Gasteiger partial charge in [0.05, 0.1) is 25.0 Å². The molecule has 2 rings (SSSR count). The summed E-state index contributed by atoms with van der Waals surface area (Å²) in [5.41, 5.74) is 1.15. The second-order valence-corrected chi connectivity index (χ2v) is 4.38. The molecule has 0 aliphatic rings. The van der Waals surface area contributed by atoms with Crippen molar-refractivity contribution in [1.82, 2.24) is 9.78 Å². The van der Waals surface area contributed by atoms with Gasteiger partial charge in [0.25, 0.3) is 5.91 Å². The van der Waals surface area contributed by atoms with Crippen molar-refractivity contribution < 1.29 is 14.3 Å². The number of carbonyl (C=O) groups excluding carboxylic acids is 1. The second-order valence-electron chi connectivity index (χ2n) is 4.38. The second kappa shape index (κ2) is 6.78. The molecule has 0 aliphatic heterocycles. The molecule has 1 aromatic heterocycles. The lowest BCUT2D eigenvalue weighted by atomic mass is 10.2. The fourth-order valence-corrected chi connectivity index (χ4v) is 1.87. The SMILES string of the molecule is CCOc1ccc(NC(=O)c2cnn(C)c2)cc1OCC. The first kappa shape index (κ1) is 14.9. The van der Waals surface area contributed by atoms with Crippen LogP contribution < -0.4 is 14.8 Å². The molecule has 6 heteroatoms. The van der Waals surface area contributed by atoms with E-state index >= 15 is 0 Å². The average molecular weight is 289 g/mol. The summed E-state index contributed by atoms with van der Waals surface area (Å²) in [6, 6.07) is 5.32. The van der Waals surface area contributed by atoms with Crippen molar-refractivity contribution in [3.05, 3.63) is 36.2 Å². The Morgan fingerprint density at radius 2 is 1.95 bits per heavy atom. The lowest BCUT2D eigenvalue weighted by Gasteiger charge is -2.12. The summed E-state index contributed by atoms with van der Waals surface area (Å²) in [6.45, 7) is 4.89. The normalized spacial score (nSPS) is 10.2. The molecule has 2 aromatic rings. The maximum Gasteiger partial charge on any atom is 0.258 e. The molecule has 112 valence electrons. The number of aryl methyl sites for hydroxylation is 1. The van der Waals surface area contributed by atoms with Crippen molar-refractivity contribution >= 4 is 11.6 Å². The number of aromatic nitrogens is 2. The molecular formula is C15H19N3O3. The van der Waals surface area contributed by atoms with Gasteiger partial charge < -0.3 is 14.8 Å². The van der Waals surface area contributed by atoms with E-state index in [9.17, 15) is 4.79 Å². The fourth-order valence-electron chi connectivity index (χ4n) is 1.87. The Morgan fingerprint density at radius 1 is 1.24 bits per heavy atom.